The van der Waals surface area contributed by atoms with Gasteiger partial charge < -0.3 is 10.2 Å². The molecule has 1 saturated carbocycles. The molecule has 2 N–H and O–H groups in total. The first-order chi connectivity index (χ1) is 8.33. The van der Waals surface area contributed by atoms with E-state index in [1.807, 2.05) is 24.3 Å². The molecule has 1 aliphatic rings. The number of carboxylic acid groups (broad SMARTS) is 1. The fraction of sp³-hybridized carbons (Fsp3) is 0.533. The van der Waals surface area contributed by atoms with Gasteiger partial charge in [0.05, 0.1) is 11.0 Å². The molecule has 0 saturated heterocycles. The van der Waals surface area contributed by atoms with Crippen molar-refractivity contribution in [3.05, 3.63) is 35.4 Å². The lowest BCUT2D eigenvalue weighted by Crippen LogP contribution is -2.42. The molecule has 0 atom stereocenters. The summed E-state index contributed by atoms with van der Waals surface area (Å²) in [5.74, 6) is -0.728. The van der Waals surface area contributed by atoms with Gasteiger partial charge in [0, 0.05) is 6.42 Å². The topological polar surface area (TPSA) is 57.5 Å². The van der Waals surface area contributed by atoms with Crippen molar-refractivity contribution in [2.75, 3.05) is 0 Å². The first kappa shape index (κ1) is 13.1. The molecule has 0 aromatic heterocycles. The van der Waals surface area contributed by atoms with E-state index in [0.717, 1.165) is 17.5 Å². The van der Waals surface area contributed by atoms with Crippen molar-refractivity contribution < 1.29 is 15.0 Å². The number of rotatable bonds is 4. The van der Waals surface area contributed by atoms with E-state index >= 15 is 0 Å². The highest BCUT2D eigenvalue weighted by molar-refractivity contribution is 5.82. The zero-order chi connectivity index (χ0) is 13.4. The maximum absolute atomic E-state index is 11.5. The van der Waals surface area contributed by atoms with Crippen LogP contribution in [0.25, 0.3) is 0 Å². The Kier molecular flexibility index (Phi) is 3.20. The van der Waals surface area contributed by atoms with E-state index < -0.39 is 17.0 Å². The standard InChI is InChI=1S/C15H20O3/c1-14(2,18)10-11-5-3-6-12(9-11)15(13(16)17)7-4-8-15/h3,5-6,9,18H,4,7-8,10H2,1-2H3,(H,16,17). The quantitative estimate of drug-likeness (QED) is 0.860. The average Bonchev–Trinajstić information content (AvgIpc) is 2.12. The van der Waals surface area contributed by atoms with Gasteiger partial charge >= 0.3 is 5.97 Å². The Hall–Kier alpha value is -1.35. The van der Waals surface area contributed by atoms with Crippen molar-refractivity contribution >= 4 is 5.97 Å². The smallest absolute Gasteiger partial charge is 0.314 e. The molecule has 0 bridgehead atoms. The van der Waals surface area contributed by atoms with Crippen molar-refractivity contribution in [1.29, 1.82) is 0 Å². The predicted octanol–water partition coefficient (Wildman–Crippen LogP) is 2.51. The van der Waals surface area contributed by atoms with Gasteiger partial charge in [-0.15, -0.1) is 0 Å². The molecule has 0 spiro atoms. The van der Waals surface area contributed by atoms with Crippen LogP contribution >= 0.6 is 0 Å². The van der Waals surface area contributed by atoms with Gasteiger partial charge in [0.15, 0.2) is 0 Å². The first-order valence-corrected chi connectivity index (χ1v) is 6.39. The van der Waals surface area contributed by atoms with Crippen LogP contribution in [0.4, 0.5) is 0 Å². The molecule has 3 heteroatoms. The van der Waals surface area contributed by atoms with E-state index in [1.54, 1.807) is 13.8 Å². The number of carboxylic acids is 1. The predicted molar refractivity (Wildman–Crippen MR) is 69.6 cm³/mol. The van der Waals surface area contributed by atoms with Crippen LogP contribution < -0.4 is 0 Å². The Balaban J connectivity index is 2.30. The third-order valence-electron chi connectivity index (χ3n) is 3.73. The monoisotopic (exact) mass is 248 g/mol. The molecule has 1 aliphatic carbocycles. The number of aliphatic hydroxyl groups is 1. The SMILES string of the molecule is CC(C)(O)Cc1cccc(C2(C(=O)O)CCC2)c1. The zero-order valence-electron chi connectivity index (χ0n) is 10.9. The van der Waals surface area contributed by atoms with E-state index in [1.165, 1.54) is 0 Å². The van der Waals surface area contributed by atoms with Gasteiger partial charge in [0.2, 0.25) is 0 Å². The second-order valence-electron chi connectivity index (χ2n) is 5.93. The van der Waals surface area contributed by atoms with Gasteiger partial charge in [-0.25, -0.2) is 0 Å². The molecule has 18 heavy (non-hydrogen) atoms. The number of carbonyl (C=O) groups is 1. The maximum atomic E-state index is 11.5. The lowest BCUT2D eigenvalue weighted by molar-refractivity contribution is -0.147. The third-order valence-corrected chi connectivity index (χ3v) is 3.73. The molecule has 1 fully saturated rings. The minimum absolute atomic E-state index is 0.538. The molecule has 1 aromatic rings. The van der Waals surface area contributed by atoms with Gasteiger partial charge in [-0.1, -0.05) is 30.7 Å². The maximum Gasteiger partial charge on any atom is 0.314 e. The summed E-state index contributed by atoms with van der Waals surface area (Å²) >= 11 is 0. The van der Waals surface area contributed by atoms with Gasteiger partial charge in [0.25, 0.3) is 0 Å². The Morgan fingerprint density at radius 1 is 1.39 bits per heavy atom. The molecule has 0 radical (unpaired) electrons. The largest absolute Gasteiger partial charge is 0.481 e. The molecule has 0 aliphatic heterocycles. The number of hydrogen-bond donors (Lipinski definition) is 2. The Morgan fingerprint density at radius 3 is 2.50 bits per heavy atom. The molecular formula is C15H20O3. The number of aliphatic carboxylic acids is 1. The fourth-order valence-electron chi connectivity index (χ4n) is 2.63. The highest BCUT2D eigenvalue weighted by Gasteiger charge is 2.45. The minimum Gasteiger partial charge on any atom is -0.481 e. The molecule has 1 aromatic carbocycles. The summed E-state index contributed by atoms with van der Waals surface area (Å²) in [6.45, 7) is 3.52. The van der Waals surface area contributed by atoms with Crippen LogP contribution in [-0.4, -0.2) is 21.8 Å². The Morgan fingerprint density at radius 2 is 2.06 bits per heavy atom. The second kappa shape index (κ2) is 4.39. The van der Waals surface area contributed by atoms with Crippen molar-refractivity contribution in [3.63, 3.8) is 0 Å². The molecule has 0 unspecified atom stereocenters. The minimum atomic E-state index is -0.769. The van der Waals surface area contributed by atoms with Crippen molar-refractivity contribution in [3.8, 4) is 0 Å². The first-order valence-electron chi connectivity index (χ1n) is 6.39. The summed E-state index contributed by atoms with van der Waals surface area (Å²) in [4.78, 5) is 11.5. The number of hydrogen-bond acceptors (Lipinski definition) is 2. The van der Waals surface area contributed by atoms with E-state index in [0.29, 0.717) is 19.3 Å². The van der Waals surface area contributed by atoms with Crippen LogP contribution in [0.2, 0.25) is 0 Å². The van der Waals surface area contributed by atoms with Crippen molar-refractivity contribution in [2.45, 2.75) is 50.5 Å². The van der Waals surface area contributed by atoms with Crippen LogP contribution in [0, 0.1) is 0 Å². The average molecular weight is 248 g/mol. The second-order valence-corrected chi connectivity index (χ2v) is 5.93. The molecule has 98 valence electrons. The van der Waals surface area contributed by atoms with E-state index in [9.17, 15) is 15.0 Å². The molecule has 0 amide bonds. The van der Waals surface area contributed by atoms with Crippen LogP contribution in [-0.2, 0) is 16.6 Å². The van der Waals surface area contributed by atoms with Crippen LogP contribution in [0.3, 0.4) is 0 Å². The highest BCUT2D eigenvalue weighted by atomic mass is 16.4. The highest BCUT2D eigenvalue weighted by Crippen LogP contribution is 2.44. The summed E-state index contributed by atoms with van der Waals surface area (Å²) in [5, 5.41) is 19.2. The van der Waals surface area contributed by atoms with Crippen molar-refractivity contribution in [1.82, 2.24) is 0 Å². The van der Waals surface area contributed by atoms with Crippen molar-refractivity contribution in [2.24, 2.45) is 0 Å². The Labute approximate surface area is 107 Å². The van der Waals surface area contributed by atoms with Gasteiger partial charge in [-0.2, -0.15) is 0 Å². The summed E-state index contributed by atoms with van der Waals surface area (Å²) in [6, 6.07) is 7.65. The summed E-state index contributed by atoms with van der Waals surface area (Å²) in [5.41, 5.74) is 0.417. The van der Waals surface area contributed by atoms with Gasteiger partial charge in [-0.3, -0.25) is 4.79 Å². The zero-order valence-corrected chi connectivity index (χ0v) is 10.9. The summed E-state index contributed by atoms with van der Waals surface area (Å²) in [6.07, 6.45) is 2.95. The van der Waals surface area contributed by atoms with E-state index in [4.69, 9.17) is 0 Å². The molecule has 0 heterocycles. The normalized spacial score (nSPS) is 18.2. The molecule has 3 nitrogen and oxygen atoms in total. The lowest BCUT2D eigenvalue weighted by atomic mass is 9.64. The molecular weight excluding hydrogens is 228 g/mol. The van der Waals surface area contributed by atoms with Crippen LogP contribution in [0.1, 0.15) is 44.2 Å². The van der Waals surface area contributed by atoms with E-state index in [2.05, 4.69) is 0 Å². The van der Waals surface area contributed by atoms with Crippen LogP contribution in [0.15, 0.2) is 24.3 Å². The van der Waals surface area contributed by atoms with E-state index in [-0.39, 0.29) is 0 Å². The third kappa shape index (κ3) is 2.41. The Bertz CT molecular complexity index is 453. The molecule has 2 rings (SSSR count). The summed E-state index contributed by atoms with van der Waals surface area (Å²) < 4.78 is 0. The van der Waals surface area contributed by atoms with Gasteiger partial charge in [0.1, 0.15) is 0 Å². The van der Waals surface area contributed by atoms with Gasteiger partial charge in [-0.05, 0) is 37.8 Å². The number of benzene rings is 1. The fourth-order valence-corrected chi connectivity index (χ4v) is 2.63. The summed E-state index contributed by atoms with van der Waals surface area (Å²) in [7, 11) is 0. The van der Waals surface area contributed by atoms with Crippen LogP contribution in [0.5, 0.6) is 0 Å². The lowest BCUT2D eigenvalue weighted by Gasteiger charge is -2.38.